The van der Waals surface area contributed by atoms with E-state index >= 15 is 0 Å². The van der Waals surface area contributed by atoms with Gasteiger partial charge in [-0.1, -0.05) is 11.8 Å². The number of methoxy groups -OCH3 is 3. The molecule has 1 aromatic carbocycles. The molecule has 0 saturated carbocycles. The van der Waals surface area contributed by atoms with Crippen LogP contribution in [-0.2, 0) is 6.54 Å². The largest absolute Gasteiger partial charge is 0.493 e. The Kier molecular flexibility index (Phi) is 3.24. The van der Waals surface area contributed by atoms with Crippen molar-refractivity contribution in [2.45, 2.75) is 31.2 Å². The predicted molar refractivity (Wildman–Crippen MR) is 81.4 cm³/mol. The number of thioether (sulfide) groups is 1. The third-order valence-corrected chi connectivity index (χ3v) is 5.30. The first-order valence-electron chi connectivity index (χ1n) is 6.76. The molecule has 1 saturated heterocycles. The van der Waals surface area contributed by atoms with Crippen LogP contribution in [-0.4, -0.2) is 36.2 Å². The molecule has 0 N–H and O–H groups in total. The van der Waals surface area contributed by atoms with Gasteiger partial charge in [0.05, 0.1) is 33.9 Å². The number of benzene rings is 1. The molecule has 5 nitrogen and oxygen atoms in total. The number of hydrogen-bond donors (Lipinski definition) is 0. The van der Waals surface area contributed by atoms with E-state index in [1.165, 1.54) is 11.8 Å². The number of ether oxygens (including phenoxy) is 3. The van der Waals surface area contributed by atoms with Crippen molar-refractivity contribution in [1.29, 1.82) is 0 Å². The summed E-state index contributed by atoms with van der Waals surface area (Å²) in [7, 11) is 4.81. The van der Waals surface area contributed by atoms with Crippen molar-refractivity contribution in [3.05, 3.63) is 17.2 Å². The van der Waals surface area contributed by atoms with Gasteiger partial charge < -0.3 is 19.1 Å². The van der Waals surface area contributed by atoms with E-state index in [2.05, 4.69) is 13.8 Å². The molecule has 1 amide bonds. The molecule has 6 heteroatoms. The minimum absolute atomic E-state index is 0.0405. The molecular formula is C15H19NO4S. The highest BCUT2D eigenvalue weighted by Gasteiger charge is 2.52. The quantitative estimate of drug-likeness (QED) is 0.858. The molecule has 0 aromatic heterocycles. The number of hydrogen-bond acceptors (Lipinski definition) is 5. The second kappa shape index (κ2) is 4.73. The third kappa shape index (κ3) is 1.88. The average Bonchev–Trinajstić information content (AvgIpc) is 2.93. The maximum atomic E-state index is 12.2. The van der Waals surface area contributed by atoms with Gasteiger partial charge in [0.1, 0.15) is 0 Å². The fourth-order valence-electron chi connectivity index (χ4n) is 3.33. The van der Waals surface area contributed by atoms with Gasteiger partial charge in [0, 0.05) is 10.3 Å². The van der Waals surface area contributed by atoms with Crippen LogP contribution in [0.25, 0.3) is 0 Å². The first-order chi connectivity index (χ1) is 9.94. The molecule has 0 spiro atoms. The number of rotatable bonds is 3. The second-order valence-electron chi connectivity index (χ2n) is 5.71. The highest BCUT2D eigenvalue weighted by molar-refractivity contribution is 8.15. The average molecular weight is 309 g/mol. The summed E-state index contributed by atoms with van der Waals surface area (Å²) >= 11 is 1.39. The Morgan fingerprint density at radius 2 is 1.86 bits per heavy atom. The first kappa shape index (κ1) is 14.4. The molecule has 1 atom stereocenters. The summed E-state index contributed by atoms with van der Waals surface area (Å²) in [6.07, 6.45) is 0. The zero-order valence-electron chi connectivity index (χ0n) is 12.9. The van der Waals surface area contributed by atoms with Crippen LogP contribution in [0, 0.1) is 0 Å². The Hall–Kier alpha value is -1.56. The van der Waals surface area contributed by atoms with Crippen molar-refractivity contribution in [1.82, 2.24) is 4.90 Å². The first-order valence-corrected chi connectivity index (χ1v) is 7.57. The van der Waals surface area contributed by atoms with Crippen molar-refractivity contribution >= 4 is 17.0 Å². The minimum atomic E-state index is -0.174. The van der Waals surface area contributed by atoms with E-state index in [0.29, 0.717) is 23.8 Å². The lowest BCUT2D eigenvalue weighted by atomic mass is 9.94. The lowest BCUT2D eigenvalue weighted by Crippen LogP contribution is -2.27. The smallest absolute Gasteiger partial charge is 0.283 e. The molecule has 1 fully saturated rings. The number of carbonyl (C=O) groups excluding carboxylic acids is 1. The van der Waals surface area contributed by atoms with Gasteiger partial charge in [0.15, 0.2) is 11.5 Å². The van der Waals surface area contributed by atoms with E-state index < -0.39 is 0 Å². The molecule has 2 heterocycles. The molecule has 3 rings (SSSR count). The van der Waals surface area contributed by atoms with Crippen LogP contribution in [0.3, 0.4) is 0 Å². The predicted octanol–water partition coefficient (Wildman–Crippen LogP) is 3.21. The SMILES string of the molecule is COc1cc2c(c(OC)c1OC)CN1C(=O)SC(C)(C)C21. The summed E-state index contributed by atoms with van der Waals surface area (Å²) in [6.45, 7) is 4.75. The van der Waals surface area contributed by atoms with Crippen LogP contribution >= 0.6 is 11.8 Å². The van der Waals surface area contributed by atoms with Crippen molar-refractivity contribution in [2.24, 2.45) is 0 Å². The van der Waals surface area contributed by atoms with Gasteiger partial charge in [0.25, 0.3) is 5.24 Å². The molecule has 1 unspecified atom stereocenters. The number of amides is 1. The van der Waals surface area contributed by atoms with Crippen LogP contribution in [0.15, 0.2) is 6.07 Å². The van der Waals surface area contributed by atoms with Crippen LogP contribution in [0.5, 0.6) is 17.2 Å². The van der Waals surface area contributed by atoms with Crippen LogP contribution in [0.4, 0.5) is 4.79 Å². The van der Waals surface area contributed by atoms with E-state index in [1.54, 1.807) is 21.3 Å². The van der Waals surface area contributed by atoms with Gasteiger partial charge >= 0.3 is 0 Å². The summed E-state index contributed by atoms with van der Waals surface area (Å²) in [5, 5.41) is 0.112. The maximum absolute atomic E-state index is 12.2. The molecule has 0 bridgehead atoms. The van der Waals surface area contributed by atoms with Crippen LogP contribution in [0.2, 0.25) is 0 Å². The standard InChI is InChI=1S/C15H19NO4S/c1-15(2)13-8-6-10(18-3)12(20-5)11(19-4)9(8)7-16(13)14(17)21-15/h6,13H,7H2,1-5H3. The van der Waals surface area contributed by atoms with Crippen molar-refractivity contribution < 1.29 is 19.0 Å². The zero-order valence-corrected chi connectivity index (χ0v) is 13.7. The van der Waals surface area contributed by atoms with Gasteiger partial charge in [-0.15, -0.1) is 0 Å². The monoisotopic (exact) mass is 309 g/mol. The topological polar surface area (TPSA) is 48.0 Å². The summed E-state index contributed by atoms with van der Waals surface area (Å²) in [4.78, 5) is 14.1. The van der Waals surface area contributed by atoms with Gasteiger partial charge in [-0.2, -0.15) is 0 Å². The normalized spacial score (nSPS) is 22.0. The van der Waals surface area contributed by atoms with Gasteiger partial charge in [-0.3, -0.25) is 4.79 Å². The molecule has 2 aliphatic rings. The number of fused-ring (bicyclic) bond motifs is 3. The molecule has 114 valence electrons. The third-order valence-electron chi connectivity index (χ3n) is 4.15. The van der Waals surface area contributed by atoms with Crippen molar-refractivity contribution in [3.63, 3.8) is 0 Å². The van der Waals surface area contributed by atoms with E-state index in [9.17, 15) is 4.79 Å². The Bertz CT molecular complexity index is 614. The Labute approximate surface area is 128 Å². The molecule has 0 radical (unpaired) electrons. The van der Waals surface area contributed by atoms with E-state index in [0.717, 1.165) is 11.1 Å². The summed E-state index contributed by atoms with van der Waals surface area (Å²) in [6, 6.07) is 2.01. The molecular weight excluding hydrogens is 290 g/mol. The highest BCUT2D eigenvalue weighted by atomic mass is 32.2. The molecule has 21 heavy (non-hydrogen) atoms. The zero-order chi connectivity index (χ0) is 15.4. The highest BCUT2D eigenvalue weighted by Crippen LogP contribution is 2.58. The van der Waals surface area contributed by atoms with Crippen molar-refractivity contribution in [2.75, 3.05) is 21.3 Å². The second-order valence-corrected chi connectivity index (χ2v) is 7.32. The fourth-order valence-corrected chi connectivity index (χ4v) is 4.43. The molecule has 2 aliphatic heterocycles. The Balaban J connectivity index is 2.22. The van der Waals surface area contributed by atoms with Gasteiger partial charge in [0.2, 0.25) is 5.75 Å². The lowest BCUT2D eigenvalue weighted by molar-refractivity contribution is 0.205. The van der Waals surface area contributed by atoms with Crippen LogP contribution in [0.1, 0.15) is 31.0 Å². The number of carbonyl (C=O) groups is 1. The van der Waals surface area contributed by atoms with E-state index in [-0.39, 0.29) is 16.0 Å². The lowest BCUT2D eigenvalue weighted by Gasteiger charge is -2.26. The van der Waals surface area contributed by atoms with Crippen LogP contribution < -0.4 is 14.2 Å². The van der Waals surface area contributed by atoms with Crippen molar-refractivity contribution in [3.8, 4) is 17.2 Å². The Morgan fingerprint density at radius 3 is 2.43 bits per heavy atom. The maximum Gasteiger partial charge on any atom is 0.283 e. The molecule has 0 aliphatic carbocycles. The minimum Gasteiger partial charge on any atom is -0.493 e. The van der Waals surface area contributed by atoms with Gasteiger partial charge in [-0.05, 0) is 25.5 Å². The summed E-state index contributed by atoms with van der Waals surface area (Å²) < 4.78 is 16.2. The molecule has 1 aromatic rings. The summed E-state index contributed by atoms with van der Waals surface area (Å²) in [5.41, 5.74) is 2.11. The van der Waals surface area contributed by atoms with E-state index in [4.69, 9.17) is 14.2 Å². The van der Waals surface area contributed by atoms with Gasteiger partial charge in [-0.25, -0.2) is 0 Å². The van der Waals surface area contributed by atoms with E-state index in [1.807, 2.05) is 11.0 Å². The summed E-state index contributed by atoms with van der Waals surface area (Å²) in [5.74, 6) is 1.88. The Morgan fingerprint density at radius 1 is 1.19 bits per heavy atom. The fraction of sp³-hybridized carbons (Fsp3) is 0.533. The number of nitrogens with zero attached hydrogens (tertiary/aromatic N) is 1.